The summed E-state index contributed by atoms with van der Waals surface area (Å²) in [7, 11) is 0. The van der Waals surface area contributed by atoms with Crippen molar-refractivity contribution in [3.8, 4) is 0 Å². The normalized spacial score (nSPS) is 18.5. The third-order valence-corrected chi connectivity index (χ3v) is 3.49. The van der Waals surface area contributed by atoms with Crippen LogP contribution in [0.4, 0.5) is 0 Å². The van der Waals surface area contributed by atoms with Gasteiger partial charge in [-0.3, -0.25) is 9.69 Å². The van der Waals surface area contributed by atoms with Gasteiger partial charge in [-0.1, -0.05) is 6.92 Å². The molecule has 112 valence electrons. The van der Waals surface area contributed by atoms with Gasteiger partial charge in [0.05, 0.1) is 19.1 Å². The quantitative estimate of drug-likeness (QED) is 0.639. The highest BCUT2D eigenvalue weighted by Gasteiger charge is 2.23. The van der Waals surface area contributed by atoms with Crippen LogP contribution in [0.1, 0.15) is 39.5 Å². The number of nitrogens with zero attached hydrogens (tertiary/aromatic N) is 1. The lowest BCUT2D eigenvalue weighted by Gasteiger charge is -2.35. The minimum absolute atomic E-state index is 0.0963. The number of nitrogens with one attached hydrogen (secondary N) is 1. The van der Waals surface area contributed by atoms with Gasteiger partial charge in [0.1, 0.15) is 0 Å². The molecule has 2 N–H and O–H groups in total. The molecule has 1 fully saturated rings. The maximum Gasteiger partial charge on any atom is 0.308 e. The second kappa shape index (κ2) is 9.28. The Kier molecular flexibility index (Phi) is 8.02. The van der Waals surface area contributed by atoms with E-state index in [1.54, 1.807) is 6.92 Å². The van der Waals surface area contributed by atoms with E-state index in [0.29, 0.717) is 19.2 Å². The van der Waals surface area contributed by atoms with Crippen LogP contribution in [0.25, 0.3) is 0 Å². The van der Waals surface area contributed by atoms with Crippen LogP contribution in [-0.4, -0.2) is 60.9 Å². The molecule has 0 saturated carbocycles. The van der Waals surface area contributed by atoms with E-state index in [1.165, 1.54) is 0 Å². The highest BCUT2D eigenvalue weighted by molar-refractivity contribution is 5.69. The van der Waals surface area contributed by atoms with Crippen LogP contribution >= 0.6 is 0 Å². The second-order valence-corrected chi connectivity index (χ2v) is 5.14. The molecule has 1 rings (SSSR count). The molecular formula is C14H28N2O3. The van der Waals surface area contributed by atoms with Crippen LogP contribution in [0.15, 0.2) is 0 Å². The molecular weight excluding hydrogens is 244 g/mol. The predicted octanol–water partition coefficient (Wildman–Crippen LogP) is 0.764. The summed E-state index contributed by atoms with van der Waals surface area (Å²) >= 11 is 0. The maximum absolute atomic E-state index is 11.4. The summed E-state index contributed by atoms with van der Waals surface area (Å²) in [6, 6.07) is 0.526. The third kappa shape index (κ3) is 6.36. The summed E-state index contributed by atoms with van der Waals surface area (Å²) in [5.74, 6) is -0.309. The van der Waals surface area contributed by atoms with E-state index in [0.717, 1.165) is 38.9 Å². The number of carbonyl (C=O) groups excluding carboxylic acids is 1. The molecule has 0 radical (unpaired) electrons. The van der Waals surface area contributed by atoms with Crippen molar-refractivity contribution in [1.82, 2.24) is 10.2 Å². The van der Waals surface area contributed by atoms with Gasteiger partial charge in [0.15, 0.2) is 0 Å². The molecule has 1 heterocycles. The van der Waals surface area contributed by atoms with Crippen molar-refractivity contribution in [2.75, 3.05) is 32.8 Å². The van der Waals surface area contributed by atoms with E-state index in [4.69, 9.17) is 4.74 Å². The molecule has 1 saturated heterocycles. The lowest BCUT2D eigenvalue weighted by molar-refractivity contribution is -0.145. The number of aliphatic hydroxyl groups is 1. The number of hydrogen-bond donors (Lipinski definition) is 2. The number of piperidine rings is 1. The van der Waals surface area contributed by atoms with Crippen LogP contribution in [0.3, 0.4) is 0 Å². The van der Waals surface area contributed by atoms with Crippen LogP contribution in [-0.2, 0) is 9.53 Å². The summed E-state index contributed by atoms with van der Waals surface area (Å²) in [4.78, 5) is 13.7. The van der Waals surface area contributed by atoms with Crippen molar-refractivity contribution in [1.29, 1.82) is 0 Å². The molecule has 0 aliphatic carbocycles. The number of hydrogen-bond acceptors (Lipinski definition) is 5. The summed E-state index contributed by atoms with van der Waals surface area (Å²) in [6.07, 6.45) is 2.77. The van der Waals surface area contributed by atoms with E-state index >= 15 is 0 Å². The third-order valence-electron chi connectivity index (χ3n) is 3.49. The average Bonchev–Trinajstić information content (AvgIpc) is 2.39. The number of ether oxygens (including phenoxy) is 1. The van der Waals surface area contributed by atoms with Crippen molar-refractivity contribution < 1.29 is 14.6 Å². The van der Waals surface area contributed by atoms with E-state index in [1.807, 2.05) is 0 Å². The molecule has 5 heteroatoms. The molecule has 1 unspecified atom stereocenters. The summed E-state index contributed by atoms with van der Waals surface area (Å²) in [5.41, 5.74) is 0. The Morgan fingerprint density at radius 3 is 2.68 bits per heavy atom. The van der Waals surface area contributed by atoms with Crippen LogP contribution in [0.2, 0.25) is 0 Å². The fourth-order valence-corrected chi connectivity index (χ4v) is 2.63. The Balaban J connectivity index is 2.40. The largest absolute Gasteiger partial charge is 0.466 e. The SMILES string of the molecule is CCCN(CC(O)CC(=O)OCC)C1CCNCC1. The van der Waals surface area contributed by atoms with Gasteiger partial charge < -0.3 is 15.2 Å². The molecule has 1 aliphatic heterocycles. The van der Waals surface area contributed by atoms with Crippen molar-refractivity contribution in [3.05, 3.63) is 0 Å². The first-order chi connectivity index (χ1) is 9.17. The first kappa shape index (κ1) is 16.4. The van der Waals surface area contributed by atoms with Crippen molar-refractivity contribution in [2.45, 2.75) is 51.7 Å². The Bertz CT molecular complexity index is 255. The fraction of sp³-hybridized carbons (Fsp3) is 0.929. The fourth-order valence-electron chi connectivity index (χ4n) is 2.63. The van der Waals surface area contributed by atoms with E-state index in [-0.39, 0.29) is 12.4 Å². The first-order valence-electron chi connectivity index (χ1n) is 7.45. The molecule has 19 heavy (non-hydrogen) atoms. The zero-order valence-corrected chi connectivity index (χ0v) is 12.2. The monoisotopic (exact) mass is 272 g/mol. The molecule has 1 aliphatic rings. The van der Waals surface area contributed by atoms with Crippen LogP contribution < -0.4 is 5.32 Å². The Hall–Kier alpha value is -0.650. The standard InChI is InChI=1S/C14H28N2O3/c1-3-9-16(12-5-7-15-8-6-12)11-13(17)10-14(18)19-4-2/h12-13,15,17H,3-11H2,1-2H3. The summed E-state index contributed by atoms with van der Waals surface area (Å²) in [5, 5.41) is 13.4. The number of rotatable bonds is 8. The molecule has 5 nitrogen and oxygen atoms in total. The summed E-state index contributed by atoms with van der Waals surface area (Å²) in [6.45, 7) is 7.92. The van der Waals surface area contributed by atoms with Gasteiger partial charge in [-0.05, 0) is 45.8 Å². The van der Waals surface area contributed by atoms with Crippen molar-refractivity contribution in [3.63, 3.8) is 0 Å². The zero-order valence-electron chi connectivity index (χ0n) is 12.2. The highest BCUT2D eigenvalue weighted by Crippen LogP contribution is 2.13. The number of aliphatic hydroxyl groups excluding tert-OH is 1. The number of carbonyl (C=O) groups is 1. The summed E-state index contributed by atoms with van der Waals surface area (Å²) < 4.78 is 4.87. The Morgan fingerprint density at radius 1 is 1.42 bits per heavy atom. The van der Waals surface area contributed by atoms with E-state index in [9.17, 15) is 9.90 Å². The minimum atomic E-state index is -0.625. The molecule has 0 aromatic carbocycles. The van der Waals surface area contributed by atoms with Gasteiger partial charge in [-0.2, -0.15) is 0 Å². The number of esters is 1. The highest BCUT2D eigenvalue weighted by atomic mass is 16.5. The van der Waals surface area contributed by atoms with Crippen molar-refractivity contribution >= 4 is 5.97 Å². The molecule has 0 aromatic heterocycles. The van der Waals surface area contributed by atoms with Gasteiger partial charge >= 0.3 is 5.97 Å². The maximum atomic E-state index is 11.4. The van der Waals surface area contributed by atoms with E-state index in [2.05, 4.69) is 17.1 Å². The van der Waals surface area contributed by atoms with Crippen molar-refractivity contribution in [2.24, 2.45) is 0 Å². The molecule has 0 amide bonds. The van der Waals surface area contributed by atoms with Gasteiger partial charge in [0.25, 0.3) is 0 Å². The van der Waals surface area contributed by atoms with Crippen LogP contribution in [0.5, 0.6) is 0 Å². The lowest BCUT2D eigenvalue weighted by Crippen LogP contribution is -2.46. The first-order valence-corrected chi connectivity index (χ1v) is 7.45. The molecule has 1 atom stereocenters. The Labute approximate surface area is 116 Å². The van der Waals surface area contributed by atoms with E-state index < -0.39 is 6.10 Å². The smallest absolute Gasteiger partial charge is 0.308 e. The van der Waals surface area contributed by atoms with Crippen LogP contribution in [0, 0.1) is 0 Å². The van der Waals surface area contributed by atoms with Gasteiger partial charge in [-0.15, -0.1) is 0 Å². The molecule has 0 bridgehead atoms. The minimum Gasteiger partial charge on any atom is -0.466 e. The lowest BCUT2D eigenvalue weighted by atomic mass is 10.0. The molecule has 0 spiro atoms. The zero-order chi connectivity index (χ0) is 14.1. The second-order valence-electron chi connectivity index (χ2n) is 5.14. The Morgan fingerprint density at radius 2 is 2.11 bits per heavy atom. The predicted molar refractivity (Wildman–Crippen MR) is 75.0 cm³/mol. The topological polar surface area (TPSA) is 61.8 Å². The van der Waals surface area contributed by atoms with Gasteiger partial charge in [0, 0.05) is 12.6 Å². The van der Waals surface area contributed by atoms with Gasteiger partial charge in [0.2, 0.25) is 0 Å². The van der Waals surface area contributed by atoms with Gasteiger partial charge in [-0.25, -0.2) is 0 Å². The molecule has 0 aromatic rings. The average molecular weight is 272 g/mol.